The summed E-state index contributed by atoms with van der Waals surface area (Å²) in [7, 11) is 0. The molecule has 6 heteroatoms. The Hall–Kier alpha value is -1.95. The molecule has 2 aromatic carbocycles. The molecular formula is C14H10BrF2NO2. The largest absolute Gasteiger partial charge is 0.478 e. The maximum absolute atomic E-state index is 13.5. The maximum atomic E-state index is 13.5. The molecule has 0 bridgehead atoms. The number of carboxylic acid groups (broad SMARTS) is 1. The van der Waals surface area contributed by atoms with Gasteiger partial charge in [-0.1, -0.05) is 12.1 Å². The molecular weight excluding hydrogens is 332 g/mol. The van der Waals surface area contributed by atoms with Gasteiger partial charge in [0.1, 0.15) is 11.6 Å². The van der Waals surface area contributed by atoms with Crippen molar-refractivity contribution in [2.45, 2.75) is 6.54 Å². The molecule has 0 aromatic heterocycles. The van der Waals surface area contributed by atoms with Crippen LogP contribution in [0.25, 0.3) is 0 Å². The molecule has 0 amide bonds. The molecule has 0 unspecified atom stereocenters. The maximum Gasteiger partial charge on any atom is 0.335 e. The van der Waals surface area contributed by atoms with E-state index in [1.165, 1.54) is 18.2 Å². The second-order valence-corrected chi connectivity index (χ2v) is 4.96. The van der Waals surface area contributed by atoms with Crippen LogP contribution < -0.4 is 5.32 Å². The van der Waals surface area contributed by atoms with Crippen LogP contribution in [0.3, 0.4) is 0 Å². The minimum atomic E-state index is -1.00. The number of halogens is 3. The number of benzene rings is 2. The lowest BCUT2D eigenvalue weighted by Crippen LogP contribution is -2.03. The van der Waals surface area contributed by atoms with Gasteiger partial charge in [0, 0.05) is 12.6 Å². The Bertz CT molecular complexity index is 644. The third-order valence-electron chi connectivity index (χ3n) is 2.69. The summed E-state index contributed by atoms with van der Waals surface area (Å²) in [6.45, 7) is 0.300. The third kappa shape index (κ3) is 3.33. The average Bonchev–Trinajstić information content (AvgIpc) is 2.42. The highest BCUT2D eigenvalue weighted by atomic mass is 79.9. The molecule has 20 heavy (non-hydrogen) atoms. The molecule has 0 spiro atoms. The smallest absolute Gasteiger partial charge is 0.335 e. The lowest BCUT2D eigenvalue weighted by molar-refractivity contribution is 0.0697. The van der Waals surface area contributed by atoms with Crippen LogP contribution in [0.1, 0.15) is 15.9 Å². The van der Waals surface area contributed by atoms with Gasteiger partial charge in [-0.15, -0.1) is 0 Å². The van der Waals surface area contributed by atoms with Gasteiger partial charge in [-0.25, -0.2) is 13.6 Å². The van der Waals surface area contributed by atoms with Crippen molar-refractivity contribution in [3.05, 3.63) is 63.6 Å². The van der Waals surface area contributed by atoms with Crippen molar-refractivity contribution >= 4 is 27.6 Å². The Morgan fingerprint density at radius 3 is 2.40 bits per heavy atom. The first kappa shape index (κ1) is 14.5. The summed E-state index contributed by atoms with van der Waals surface area (Å²) in [5.41, 5.74) is 1.14. The molecule has 2 N–H and O–H groups in total. The lowest BCUT2D eigenvalue weighted by Gasteiger charge is -2.09. The molecule has 2 aromatic rings. The number of carboxylic acids is 1. The first-order valence-corrected chi connectivity index (χ1v) is 6.47. The van der Waals surface area contributed by atoms with E-state index in [0.717, 1.165) is 11.6 Å². The fourth-order valence-electron chi connectivity index (χ4n) is 1.62. The van der Waals surface area contributed by atoms with Crippen molar-refractivity contribution in [2.75, 3.05) is 5.32 Å². The molecule has 0 saturated carbocycles. The summed E-state index contributed by atoms with van der Waals surface area (Å²) < 4.78 is 26.7. The van der Waals surface area contributed by atoms with E-state index in [4.69, 9.17) is 5.11 Å². The highest BCUT2D eigenvalue weighted by molar-refractivity contribution is 9.10. The van der Waals surface area contributed by atoms with Crippen molar-refractivity contribution in [1.82, 2.24) is 0 Å². The molecule has 0 aliphatic carbocycles. The van der Waals surface area contributed by atoms with E-state index in [2.05, 4.69) is 21.2 Å². The van der Waals surface area contributed by atoms with Gasteiger partial charge in [0.15, 0.2) is 0 Å². The highest BCUT2D eigenvalue weighted by Crippen LogP contribution is 2.24. The normalized spacial score (nSPS) is 10.3. The zero-order valence-corrected chi connectivity index (χ0v) is 11.7. The topological polar surface area (TPSA) is 49.3 Å². The van der Waals surface area contributed by atoms with Crippen LogP contribution in [0, 0.1) is 11.6 Å². The number of nitrogens with one attached hydrogen (secondary N) is 1. The number of carbonyl (C=O) groups is 1. The second-order valence-electron chi connectivity index (χ2n) is 4.10. The van der Waals surface area contributed by atoms with Crippen LogP contribution in [-0.2, 0) is 6.54 Å². The minimum absolute atomic E-state index is 0.167. The van der Waals surface area contributed by atoms with E-state index in [1.54, 1.807) is 12.1 Å². The van der Waals surface area contributed by atoms with Crippen molar-refractivity contribution in [2.24, 2.45) is 0 Å². The number of rotatable bonds is 4. The molecule has 0 aliphatic rings. The Labute approximate surface area is 122 Å². The van der Waals surface area contributed by atoms with Gasteiger partial charge in [-0.2, -0.15) is 0 Å². The first-order valence-electron chi connectivity index (χ1n) is 5.68. The van der Waals surface area contributed by atoms with Crippen LogP contribution >= 0.6 is 15.9 Å². The Kier molecular flexibility index (Phi) is 4.34. The van der Waals surface area contributed by atoms with E-state index in [1.807, 2.05) is 0 Å². The van der Waals surface area contributed by atoms with Gasteiger partial charge in [0.25, 0.3) is 0 Å². The summed E-state index contributed by atoms with van der Waals surface area (Å²) in [5, 5.41) is 11.6. The van der Waals surface area contributed by atoms with Gasteiger partial charge in [-0.3, -0.25) is 0 Å². The van der Waals surface area contributed by atoms with Gasteiger partial charge in [-0.05, 0) is 39.7 Å². The third-order valence-corrected chi connectivity index (χ3v) is 3.30. The van der Waals surface area contributed by atoms with E-state index < -0.39 is 17.6 Å². The fraction of sp³-hybridized carbons (Fsp3) is 0.0714. The molecule has 0 aliphatic heterocycles. The van der Waals surface area contributed by atoms with Crippen molar-refractivity contribution in [3.8, 4) is 0 Å². The van der Waals surface area contributed by atoms with Gasteiger partial charge in [0.2, 0.25) is 0 Å². The molecule has 0 saturated heterocycles. The van der Waals surface area contributed by atoms with Crippen molar-refractivity contribution in [1.29, 1.82) is 0 Å². The van der Waals surface area contributed by atoms with Gasteiger partial charge in [0.05, 0.1) is 15.7 Å². The van der Waals surface area contributed by atoms with Crippen molar-refractivity contribution in [3.63, 3.8) is 0 Å². The average molecular weight is 342 g/mol. The quantitative estimate of drug-likeness (QED) is 0.825. The lowest BCUT2D eigenvalue weighted by atomic mass is 10.1. The SMILES string of the molecule is O=C(O)c1ccc(CNc2cc(Br)c(F)cc2F)cc1. The number of aromatic carboxylic acids is 1. The molecule has 0 atom stereocenters. The van der Waals surface area contributed by atoms with Crippen molar-refractivity contribution < 1.29 is 18.7 Å². The van der Waals surface area contributed by atoms with Crippen LogP contribution in [0.2, 0.25) is 0 Å². The zero-order valence-electron chi connectivity index (χ0n) is 10.2. The standard InChI is InChI=1S/C14H10BrF2NO2/c15-10-5-13(12(17)6-11(10)16)18-7-8-1-3-9(4-2-8)14(19)20/h1-6,18H,7H2,(H,19,20). The van der Waals surface area contributed by atoms with Crippen LogP contribution in [0.4, 0.5) is 14.5 Å². The van der Waals surface area contributed by atoms with Crippen LogP contribution in [0.5, 0.6) is 0 Å². The predicted octanol–water partition coefficient (Wildman–Crippen LogP) is 4.04. The Morgan fingerprint density at radius 1 is 1.15 bits per heavy atom. The van der Waals surface area contributed by atoms with Crippen LogP contribution in [0.15, 0.2) is 40.9 Å². The number of hydrogen-bond acceptors (Lipinski definition) is 2. The Morgan fingerprint density at radius 2 is 1.80 bits per heavy atom. The number of hydrogen-bond donors (Lipinski definition) is 2. The summed E-state index contributed by atoms with van der Waals surface area (Å²) in [4.78, 5) is 10.7. The fourth-order valence-corrected chi connectivity index (χ4v) is 1.96. The minimum Gasteiger partial charge on any atom is -0.478 e. The zero-order chi connectivity index (χ0) is 14.7. The van der Waals surface area contributed by atoms with E-state index in [-0.39, 0.29) is 15.7 Å². The number of anilines is 1. The predicted molar refractivity (Wildman–Crippen MR) is 74.8 cm³/mol. The monoisotopic (exact) mass is 341 g/mol. The summed E-state index contributed by atoms with van der Waals surface area (Å²) in [6.07, 6.45) is 0. The first-order chi connectivity index (χ1) is 9.47. The molecule has 3 nitrogen and oxygen atoms in total. The highest BCUT2D eigenvalue weighted by Gasteiger charge is 2.08. The van der Waals surface area contributed by atoms with Crippen LogP contribution in [-0.4, -0.2) is 11.1 Å². The van der Waals surface area contributed by atoms with E-state index >= 15 is 0 Å². The summed E-state index contributed by atoms with van der Waals surface area (Å²) in [5.74, 6) is -2.36. The Balaban J connectivity index is 2.09. The molecule has 104 valence electrons. The molecule has 0 fully saturated rings. The van der Waals surface area contributed by atoms with Gasteiger partial charge < -0.3 is 10.4 Å². The summed E-state index contributed by atoms with van der Waals surface area (Å²) in [6, 6.07) is 8.31. The molecule has 2 rings (SSSR count). The van der Waals surface area contributed by atoms with E-state index in [9.17, 15) is 13.6 Å². The van der Waals surface area contributed by atoms with Gasteiger partial charge >= 0.3 is 5.97 Å². The molecule has 0 heterocycles. The summed E-state index contributed by atoms with van der Waals surface area (Å²) >= 11 is 2.98. The molecule has 0 radical (unpaired) electrons. The van der Waals surface area contributed by atoms with E-state index in [0.29, 0.717) is 6.54 Å². The second kappa shape index (κ2) is 6.00.